The lowest BCUT2D eigenvalue weighted by Gasteiger charge is -2.34. The van der Waals surface area contributed by atoms with Crippen molar-refractivity contribution in [1.29, 1.82) is 0 Å². The minimum Gasteiger partial charge on any atom is -0.357 e. The fraction of sp³-hybridized carbons (Fsp3) is 0.722. The molecule has 4 nitrogen and oxygen atoms in total. The molecule has 2 saturated heterocycles. The van der Waals surface area contributed by atoms with E-state index in [-0.39, 0.29) is 0 Å². The molecule has 0 radical (unpaired) electrons. The number of hydrogen-bond acceptors (Lipinski definition) is 4. The van der Waals surface area contributed by atoms with Crippen molar-refractivity contribution in [2.75, 3.05) is 57.8 Å². The minimum absolute atomic E-state index is 0.924. The van der Waals surface area contributed by atoms with Gasteiger partial charge in [-0.25, -0.2) is 4.98 Å². The third-order valence-corrected chi connectivity index (χ3v) is 5.27. The first-order chi connectivity index (χ1) is 10.8. The van der Waals surface area contributed by atoms with E-state index in [1.165, 1.54) is 71.5 Å². The van der Waals surface area contributed by atoms with E-state index < -0.39 is 0 Å². The molecule has 0 aliphatic carbocycles. The Morgan fingerprint density at radius 2 is 1.82 bits per heavy atom. The number of aromatic nitrogens is 1. The van der Waals surface area contributed by atoms with Crippen molar-refractivity contribution in [3.8, 4) is 0 Å². The second-order valence-corrected chi connectivity index (χ2v) is 6.91. The van der Waals surface area contributed by atoms with Crippen LogP contribution >= 0.6 is 0 Å². The molecule has 1 aromatic rings. The molecule has 4 heteroatoms. The summed E-state index contributed by atoms with van der Waals surface area (Å²) in [6.45, 7) is 8.65. The van der Waals surface area contributed by atoms with E-state index in [0.29, 0.717) is 0 Å². The van der Waals surface area contributed by atoms with Crippen LogP contribution in [0.4, 0.5) is 5.82 Å². The number of hydrogen-bond donors (Lipinski definition) is 0. The number of piperidine rings is 1. The zero-order valence-electron chi connectivity index (χ0n) is 14.0. The Morgan fingerprint density at radius 1 is 1.05 bits per heavy atom. The third-order valence-electron chi connectivity index (χ3n) is 5.27. The molecule has 2 aliphatic heterocycles. The summed E-state index contributed by atoms with van der Waals surface area (Å²) in [6.07, 6.45) is 7.34. The summed E-state index contributed by atoms with van der Waals surface area (Å²) in [5, 5.41) is 0. The second-order valence-electron chi connectivity index (χ2n) is 6.91. The SMILES string of the molecule is CN1CCN(CCCC2CCN(c3ccccn3)CC2)CC1. The van der Waals surface area contributed by atoms with Crippen LogP contribution in [0, 0.1) is 5.92 Å². The zero-order valence-corrected chi connectivity index (χ0v) is 14.0. The second kappa shape index (κ2) is 7.93. The van der Waals surface area contributed by atoms with Gasteiger partial charge in [-0.05, 0) is 57.3 Å². The molecule has 0 bridgehead atoms. The Kier molecular flexibility index (Phi) is 5.68. The average Bonchev–Trinajstić information content (AvgIpc) is 2.58. The number of nitrogens with zero attached hydrogens (tertiary/aromatic N) is 4. The Balaban J connectivity index is 1.32. The van der Waals surface area contributed by atoms with E-state index >= 15 is 0 Å². The summed E-state index contributed by atoms with van der Waals surface area (Å²) in [5.74, 6) is 2.07. The molecule has 0 amide bonds. The molecule has 0 saturated carbocycles. The van der Waals surface area contributed by atoms with Crippen LogP contribution in [0.5, 0.6) is 0 Å². The topological polar surface area (TPSA) is 22.6 Å². The van der Waals surface area contributed by atoms with Crippen LogP contribution in [0.3, 0.4) is 0 Å². The lowest BCUT2D eigenvalue weighted by molar-refractivity contribution is 0.149. The van der Waals surface area contributed by atoms with Crippen LogP contribution in [0.25, 0.3) is 0 Å². The van der Waals surface area contributed by atoms with Gasteiger partial charge in [0.2, 0.25) is 0 Å². The molecule has 0 atom stereocenters. The standard InChI is InChI=1S/C18H30N4/c1-20-13-15-21(16-14-20)10-4-5-17-7-11-22(12-8-17)18-6-2-3-9-19-18/h2-3,6,9,17H,4-5,7-8,10-16H2,1H3. The van der Waals surface area contributed by atoms with Gasteiger partial charge in [-0.15, -0.1) is 0 Å². The summed E-state index contributed by atoms with van der Waals surface area (Å²) in [4.78, 5) is 12.0. The number of likely N-dealkylation sites (N-methyl/N-ethyl adjacent to an activating group) is 1. The maximum atomic E-state index is 4.47. The summed E-state index contributed by atoms with van der Waals surface area (Å²) < 4.78 is 0. The largest absolute Gasteiger partial charge is 0.357 e. The van der Waals surface area contributed by atoms with Gasteiger partial charge in [0.05, 0.1) is 0 Å². The van der Waals surface area contributed by atoms with Crippen LogP contribution in [-0.2, 0) is 0 Å². The van der Waals surface area contributed by atoms with Gasteiger partial charge < -0.3 is 14.7 Å². The van der Waals surface area contributed by atoms with Crippen molar-refractivity contribution >= 4 is 5.82 Å². The van der Waals surface area contributed by atoms with Crippen molar-refractivity contribution in [2.45, 2.75) is 25.7 Å². The van der Waals surface area contributed by atoms with E-state index in [9.17, 15) is 0 Å². The maximum Gasteiger partial charge on any atom is 0.128 e. The molecule has 0 aromatic carbocycles. The number of rotatable bonds is 5. The molecule has 3 rings (SSSR count). The summed E-state index contributed by atoms with van der Waals surface area (Å²) in [6, 6.07) is 6.22. The number of piperazine rings is 1. The van der Waals surface area contributed by atoms with E-state index in [1.54, 1.807) is 0 Å². The Labute approximate surface area is 135 Å². The first kappa shape index (κ1) is 15.8. The zero-order chi connectivity index (χ0) is 15.2. The van der Waals surface area contributed by atoms with Gasteiger partial charge >= 0.3 is 0 Å². The molecular formula is C18H30N4. The summed E-state index contributed by atoms with van der Waals surface area (Å²) in [5.41, 5.74) is 0. The minimum atomic E-state index is 0.924. The lowest BCUT2D eigenvalue weighted by atomic mass is 9.92. The van der Waals surface area contributed by atoms with Gasteiger partial charge in [0, 0.05) is 45.5 Å². The highest BCUT2D eigenvalue weighted by Crippen LogP contribution is 2.24. The van der Waals surface area contributed by atoms with Gasteiger partial charge in [0.15, 0.2) is 0 Å². The van der Waals surface area contributed by atoms with Crippen LogP contribution in [0.15, 0.2) is 24.4 Å². The van der Waals surface area contributed by atoms with E-state index in [1.807, 2.05) is 12.3 Å². The average molecular weight is 302 g/mol. The van der Waals surface area contributed by atoms with Gasteiger partial charge in [-0.1, -0.05) is 6.07 Å². The molecule has 2 fully saturated rings. The normalized spacial score (nSPS) is 22.1. The van der Waals surface area contributed by atoms with Crippen molar-refractivity contribution in [3.05, 3.63) is 24.4 Å². The Hall–Kier alpha value is -1.13. The highest BCUT2D eigenvalue weighted by molar-refractivity contribution is 5.37. The van der Waals surface area contributed by atoms with Crippen LogP contribution in [-0.4, -0.2) is 67.6 Å². The maximum absolute atomic E-state index is 4.47. The van der Waals surface area contributed by atoms with Crippen LogP contribution in [0.2, 0.25) is 0 Å². The summed E-state index contributed by atoms with van der Waals surface area (Å²) >= 11 is 0. The highest BCUT2D eigenvalue weighted by Gasteiger charge is 2.20. The molecule has 0 unspecified atom stereocenters. The predicted molar refractivity (Wildman–Crippen MR) is 92.3 cm³/mol. The fourth-order valence-corrected chi connectivity index (χ4v) is 3.67. The summed E-state index contributed by atoms with van der Waals surface area (Å²) in [7, 11) is 2.23. The lowest BCUT2D eigenvalue weighted by Crippen LogP contribution is -2.44. The molecule has 122 valence electrons. The first-order valence-electron chi connectivity index (χ1n) is 8.88. The van der Waals surface area contributed by atoms with Crippen molar-refractivity contribution in [1.82, 2.24) is 14.8 Å². The Morgan fingerprint density at radius 3 is 2.50 bits per heavy atom. The van der Waals surface area contributed by atoms with E-state index in [4.69, 9.17) is 0 Å². The quantitative estimate of drug-likeness (QED) is 0.832. The van der Waals surface area contributed by atoms with Crippen molar-refractivity contribution in [3.63, 3.8) is 0 Å². The molecule has 2 aliphatic rings. The van der Waals surface area contributed by atoms with Crippen LogP contribution in [0.1, 0.15) is 25.7 Å². The van der Waals surface area contributed by atoms with E-state index in [0.717, 1.165) is 11.7 Å². The van der Waals surface area contributed by atoms with Crippen molar-refractivity contribution < 1.29 is 0 Å². The Bertz CT molecular complexity index is 420. The van der Waals surface area contributed by atoms with Gasteiger partial charge in [-0.2, -0.15) is 0 Å². The van der Waals surface area contributed by atoms with Gasteiger partial charge in [0.1, 0.15) is 5.82 Å². The predicted octanol–water partition coefficient (Wildman–Crippen LogP) is 2.33. The molecule has 0 N–H and O–H groups in total. The highest BCUT2D eigenvalue weighted by atomic mass is 15.2. The van der Waals surface area contributed by atoms with E-state index in [2.05, 4.69) is 38.9 Å². The third kappa shape index (κ3) is 4.43. The number of anilines is 1. The molecule has 1 aromatic heterocycles. The van der Waals surface area contributed by atoms with Crippen LogP contribution < -0.4 is 4.90 Å². The number of pyridine rings is 1. The monoisotopic (exact) mass is 302 g/mol. The first-order valence-corrected chi connectivity index (χ1v) is 8.88. The van der Waals surface area contributed by atoms with Crippen molar-refractivity contribution in [2.24, 2.45) is 5.92 Å². The molecule has 22 heavy (non-hydrogen) atoms. The van der Waals surface area contributed by atoms with Gasteiger partial charge in [0.25, 0.3) is 0 Å². The molecule has 3 heterocycles. The fourth-order valence-electron chi connectivity index (χ4n) is 3.67. The molecular weight excluding hydrogens is 272 g/mol. The van der Waals surface area contributed by atoms with Gasteiger partial charge in [-0.3, -0.25) is 0 Å². The molecule has 0 spiro atoms. The smallest absolute Gasteiger partial charge is 0.128 e.